The number of hydrogen-bond acceptors (Lipinski definition) is 3. The molecule has 2 rings (SSSR count). The van der Waals surface area contributed by atoms with Crippen LogP contribution < -0.4 is 11.1 Å². The molecular formula is C13H16F2N2OS. The lowest BCUT2D eigenvalue weighted by atomic mass is 9.80. The first-order valence-electron chi connectivity index (χ1n) is 6.05. The van der Waals surface area contributed by atoms with Gasteiger partial charge < -0.3 is 15.8 Å². The molecule has 3 nitrogen and oxygen atoms in total. The molecule has 0 saturated heterocycles. The van der Waals surface area contributed by atoms with Crippen molar-refractivity contribution in [3.63, 3.8) is 0 Å². The zero-order valence-electron chi connectivity index (χ0n) is 10.6. The van der Waals surface area contributed by atoms with Crippen LogP contribution in [0.2, 0.25) is 0 Å². The molecule has 19 heavy (non-hydrogen) atoms. The summed E-state index contributed by atoms with van der Waals surface area (Å²) in [6.07, 6.45) is 2.86. The summed E-state index contributed by atoms with van der Waals surface area (Å²) in [5, 5.41) is 2.78. The average molecular weight is 286 g/mol. The fraction of sp³-hybridized carbons (Fsp3) is 0.462. The number of halogens is 2. The minimum Gasteiger partial charge on any atom is -0.389 e. The Morgan fingerprint density at radius 1 is 1.42 bits per heavy atom. The number of thiocarbonyl (C=S) groups is 1. The van der Waals surface area contributed by atoms with Crippen molar-refractivity contribution in [1.82, 2.24) is 0 Å². The molecule has 0 bridgehead atoms. The molecule has 0 atom stereocenters. The van der Waals surface area contributed by atoms with Crippen molar-refractivity contribution in [3.8, 4) is 0 Å². The van der Waals surface area contributed by atoms with E-state index in [1.165, 1.54) is 0 Å². The summed E-state index contributed by atoms with van der Waals surface area (Å²) in [7, 11) is 1.61. The van der Waals surface area contributed by atoms with Crippen LogP contribution in [0.25, 0.3) is 0 Å². The molecule has 1 aliphatic carbocycles. The van der Waals surface area contributed by atoms with E-state index in [0.717, 1.165) is 31.4 Å². The highest BCUT2D eigenvalue weighted by Crippen LogP contribution is 2.35. The van der Waals surface area contributed by atoms with Crippen LogP contribution in [0.5, 0.6) is 0 Å². The largest absolute Gasteiger partial charge is 0.389 e. The van der Waals surface area contributed by atoms with E-state index in [1.807, 2.05) is 0 Å². The highest BCUT2D eigenvalue weighted by molar-refractivity contribution is 7.80. The topological polar surface area (TPSA) is 47.3 Å². The Morgan fingerprint density at radius 2 is 2.00 bits per heavy atom. The van der Waals surface area contributed by atoms with Crippen molar-refractivity contribution in [1.29, 1.82) is 0 Å². The molecular weight excluding hydrogens is 270 g/mol. The van der Waals surface area contributed by atoms with Gasteiger partial charge in [0, 0.05) is 19.2 Å². The van der Waals surface area contributed by atoms with Crippen LogP contribution in [0, 0.1) is 11.6 Å². The second-order valence-electron chi connectivity index (χ2n) is 4.77. The zero-order chi connectivity index (χ0) is 14.0. The number of nitrogens with two attached hydrogens (primary N) is 1. The maximum absolute atomic E-state index is 13.8. The molecule has 1 aromatic carbocycles. The minimum absolute atomic E-state index is 0.0308. The Morgan fingerprint density at radius 3 is 2.37 bits per heavy atom. The highest BCUT2D eigenvalue weighted by atomic mass is 32.1. The van der Waals surface area contributed by atoms with Crippen molar-refractivity contribution in [2.45, 2.75) is 24.9 Å². The molecule has 0 aromatic heterocycles. The molecule has 0 heterocycles. The first kappa shape index (κ1) is 14.1. The van der Waals surface area contributed by atoms with Crippen molar-refractivity contribution in [3.05, 3.63) is 29.3 Å². The predicted octanol–water partition coefficient (Wildman–Crippen LogP) is 2.58. The Bertz CT molecular complexity index is 475. The van der Waals surface area contributed by atoms with E-state index in [1.54, 1.807) is 7.11 Å². The van der Waals surface area contributed by atoms with Crippen LogP contribution in [-0.4, -0.2) is 24.2 Å². The predicted molar refractivity (Wildman–Crippen MR) is 74.3 cm³/mol. The summed E-state index contributed by atoms with van der Waals surface area (Å²) >= 11 is 4.70. The lowest BCUT2D eigenvalue weighted by Crippen LogP contribution is -2.45. The van der Waals surface area contributed by atoms with Gasteiger partial charge in [-0.1, -0.05) is 12.2 Å². The van der Waals surface area contributed by atoms with Gasteiger partial charge in [-0.3, -0.25) is 0 Å². The van der Waals surface area contributed by atoms with Crippen molar-refractivity contribution in [2.75, 3.05) is 19.0 Å². The molecule has 1 aliphatic rings. The summed E-state index contributed by atoms with van der Waals surface area (Å²) in [6, 6.07) is 2.27. The standard InChI is InChI=1S/C13H16F2N2OS/c1-18-13(3-2-4-13)7-17-11-9(14)5-8(12(16)19)6-10(11)15/h5-6,17H,2-4,7H2,1H3,(H2,16,19). The number of rotatable bonds is 5. The Balaban J connectivity index is 2.14. The second kappa shape index (κ2) is 5.38. The van der Waals surface area contributed by atoms with Gasteiger partial charge in [0.15, 0.2) is 0 Å². The van der Waals surface area contributed by atoms with Crippen LogP contribution in [0.1, 0.15) is 24.8 Å². The Labute approximate surface area is 116 Å². The molecule has 0 spiro atoms. The van der Waals surface area contributed by atoms with E-state index >= 15 is 0 Å². The summed E-state index contributed by atoms with van der Waals surface area (Å²) in [4.78, 5) is -0.0308. The van der Waals surface area contributed by atoms with E-state index in [4.69, 9.17) is 22.7 Å². The summed E-state index contributed by atoms with van der Waals surface area (Å²) in [6.45, 7) is 0.379. The summed E-state index contributed by atoms with van der Waals surface area (Å²) < 4.78 is 33.0. The van der Waals surface area contributed by atoms with Crippen LogP contribution in [0.3, 0.4) is 0 Å². The quantitative estimate of drug-likeness (QED) is 0.817. The Hall–Kier alpha value is -1.27. The van der Waals surface area contributed by atoms with Gasteiger partial charge >= 0.3 is 0 Å². The molecule has 1 fully saturated rings. The summed E-state index contributed by atoms with van der Waals surface area (Å²) in [5.74, 6) is -1.40. The van der Waals surface area contributed by atoms with Crippen LogP contribution in [-0.2, 0) is 4.74 Å². The SMILES string of the molecule is COC1(CNc2c(F)cc(C(N)=S)cc2F)CCC1. The van der Waals surface area contributed by atoms with E-state index in [9.17, 15) is 8.78 Å². The molecule has 0 radical (unpaired) electrons. The van der Waals surface area contributed by atoms with E-state index in [-0.39, 0.29) is 21.8 Å². The second-order valence-corrected chi connectivity index (χ2v) is 5.21. The fourth-order valence-corrected chi connectivity index (χ4v) is 2.28. The van der Waals surface area contributed by atoms with E-state index in [0.29, 0.717) is 6.54 Å². The van der Waals surface area contributed by atoms with E-state index in [2.05, 4.69) is 5.32 Å². The number of anilines is 1. The molecule has 1 saturated carbocycles. The van der Waals surface area contributed by atoms with Gasteiger partial charge in [-0.2, -0.15) is 0 Å². The first-order valence-corrected chi connectivity index (χ1v) is 6.46. The first-order chi connectivity index (χ1) is 8.97. The number of hydrogen-bond donors (Lipinski definition) is 2. The van der Waals surface area contributed by atoms with Gasteiger partial charge in [0.2, 0.25) is 0 Å². The van der Waals surface area contributed by atoms with Gasteiger partial charge in [0.05, 0.1) is 5.60 Å². The van der Waals surface area contributed by atoms with Crippen LogP contribution in [0.4, 0.5) is 14.5 Å². The fourth-order valence-electron chi connectivity index (χ4n) is 2.16. The number of benzene rings is 1. The van der Waals surface area contributed by atoms with Gasteiger partial charge in [-0.25, -0.2) is 8.78 Å². The monoisotopic (exact) mass is 286 g/mol. The Kier molecular flexibility index (Phi) is 4.01. The molecule has 0 unspecified atom stereocenters. The zero-order valence-corrected chi connectivity index (χ0v) is 11.4. The lowest BCUT2D eigenvalue weighted by Gasteiger charge is -2.40. The number of methoxy groups -OCH3 is 1. The average Bonchev–Trinajstić information content (AvgIpc) is 2.30. The van der Waals surface area contributed by atoms with Gasteiger partial charge in [0.1, 0.15) is 22.3 Å². The van der Waals surface area contributed by atoms with Crippen molar-refractivity contribution >= 4 is 22.9 Å². The van der Waals surface area contributed by atoms with Crippen LogP contribution in [0.15, 0.2) is 12.1 Å². The van der Waals surface area contributed by atoms with Gasteiger partial charge in [0.25, 0.3) is 0 Å². The lowest BCUT2D eigenvalue weighted by molar-refractivity contribution is -0.0601. The third-order valence-corrected chi connectivity index (χ3v) is 3.85. The third kappa shape index (κ3) is 2.84. The minimum atomic E-state index is -0.701. The maximum atomic E-state index is 13.8. The molecule has 1 aromatic rings. The van der Waals surface area contributed by atoms with Crippen molar-refractivity contribution in [2.24, 2.45) is 5.73 Å². The normalized spacial score (nSPS) is 16.8. The smallest absolute Gasteiger partial charge is 0.150 e. The molecule has 0 amide bonds. The molecule has 0 aliphatic heterocycles. The number of nitrogens with one attached hydrogen (secondary N) is 1. The third-order valence-electron chi connectivity index (χ3n) is 3.61. The maximum Gasteiger partial charge on any atom is 0.150 e. The van der Waals surface area contributed by atoms with Gasteiger partial charge in [-0.05, 0) is 31.4 Å². The number of ether oxygens (including phenoxy) is 1. The molecule has 104 valence electrons. The summed E-state index contributed by atoms with van der Waals surface area (Å²) in [5.41, 5.74) is 5.07. The van der Waals surface area contributed by atoms with Gasteiger partial charge in [-0.15, -0.1) is 0 Å². The van der Waals surface area contributed by atoms with Crippen molar-refractivity contribution < 1.29 is 13.5 Å². The van der Waals surface area contributed by atoms with E-state index < -0.39 is 11.6 Å². The molecule has 6 heteroatoms. The molecule has 3 N–H and O–H groups in total. The van der Waals surface area contributed by atoms with Crippen LogP contribution >= 0.6 is 12.2 Å². The highest BCUT2D eigenvalue weighted by Gasteiger charge is 2.37.